The highest BCUT2D eigenvalue weighted by molar-refractivity contribution is 7.92. The third kappa shape index (κ3) is 5.70. The summed E-state index contributed by atoms with van der Waals surface area (Å²) in [6.45, 7) is 4.83. The maximum absolute atomic E-state index is 13.4. The third-order valence-electron chi connectivity index (χ3n) is 5.05. The van der Waals surface area contributed by atoms with Gasteiger partial charge in [0.05, 0.1) is 29.9 Å². The van der Waals surface area contributed by atoms with E-state index in [2.05, 4.69) is 0 Å². The normalized spacial score (nSPS) is 19.2. The summed E-state index contributed by atoms with van der Waals surface area (Å²) in [4.78, 5) is 14.7. The fourth-order valence-corrected chi connectivity index (χ4v) is 5.39. The molecule has 2 aromatic carbocycles. The van der Waals surface area contributed by atoms with E-state index in [0.29, 0.717) is 29.5 Å². The Morgan fingerprint density at radius 3 is 2.39 bits per heavy atom. The molecular weight excluding hydrogens is 440 g/mol. The molecule has 1 heterocycles. The molecule has 0 aliphatic carbocycles. The number of morpholine rings is 1. The van der Waals surface area contributed by atoms with Crippen molar-refractivity contribution in [2.24, 2.45) is 0 Å². The first kappa shape index (κ1) is 23.4. The summed E-state index contributed by atoms with van der Waals surface area (Å²) >= 11 is 6.03. The van der Waals surface area contributed by atoms with Gasteiger partial charge in [0, 0.05) is 31.1 Å². The van der Waals surface area contributed by atoms with Crippen LogP contribution in [-0.4, -0.2) is 58.2 Å². The second-order valence-corrected chi connectivity index (χ2v) is 9.84. The standard InChI is InChI=1S/C22H27ClN2O5S/c1-16-14-24(15-17(2)30-16)22(26)11-12-25(19-7-9-20(29-3)10-8-19)31(27,28)21-6-4-5-18(23)13-21/h4-10,13,16-17H,11-12,14-15H2,1-3H3/t16-,17-/m0/s1. The van der Waals surface area contributed by atoms with Crippen LogP contribution >= 0.6 is 11.6 Å². The van der Waals surface area contributed by atoms with Gasteiger partial charge in [0.15, 0.2) is 0 Å². The summed E-state index contributed by atoms with van der Waals surface area (Å²) in [6.07, 6.45) is -0.0631. The summed E-state index contributed by atoms with van der Waals surface area (Å²) < 4.78 is 38.9. The van der Waals surface area contributed by atoms with Crippen molar-refractivity contribution in [3.63, 3.8) is 0 Å². The zero-order valence-corrected chi connectivity index (χ0v) is 19.4. The lowest BCUT2D eigenvalue weighted by molar-refractivity contribution is -0.142. The molecule has 0 N–H and O–H groups in total. The molecule has 0 aromatic heterocycles. The minimum Gasteiger partial charge on any atom is -0.497 e. The van der Waals surface area contributed by atoms with Crippen LogP contribution in [-0.2, 0) is 19.6 Å². The maximum Gasteiger partial charge on any atom is 0.264 e. The molecule has 31 heavy (non-hydrogen) atoms. The predicted molar refractivity (Wildman–Crippen MR) is 120 cm³/mol. The second-order valence-electron chi connectivity index (χ2n) is 7.54. The summed E-state index contributed by atoms with van der Waals surface area (Å²) in [5.74, 6) is 0.498. The number of methoxy groups -OCH3 is 1. The lowest BCUT2D eigenvalue weighted by Crippen LogP contribution is -2.49. The molecule has 9 heteroatoms. The minimum atomic E-state index is -3.93. The zero-order valence-electron chi connectivity index (χ0n) is 17.8. The average Bonchev–Trinajstić information content (AvgIpc) is 2.73. The van der Waals surface area contributed by atoms with Crippen molar-refractivity contribution in [3.8, 4) is 5.75 Å². The van der Waals surface area contributed by atoms with Crippen LogP contribution in [0.2, 0.25) is 5.02 Å². The maximum atomic E-state index is 13.4. The molecule has 0 spiro atoms. The van der Waals surface area contributed by atoms with Crippen molar-refractivity contribution in [2.45, 2.75) is 37.4 Å². The molecule has 0 unspecified atom stereocenters. The van der Waals surface area contributed by atoms with Crippen molar-refractivity contribution in [3.05, 3.63) is 53.6 Å². The fraction of sp³-hybridized carbons (Fsp3) is 0.409. The van der Waals surface area contributed by atoms with Crippen molar-refractivity contribution in [1.82, 2.24) is 4.90 Å². The first-order valence-electron chi connectivity index (χ1n) is 10.1. The van der Waals surface area contributed by atoms with E-state index in [9.17, 15) is 13.2 Å². The van der Waals surface area contributed by atoms with E-state index in [-0.39, 0.29) is 36.0 Å². The minimum absolute atomic E-state index is 0.000127. The molecule has 1 amide bonds. The number of anilines is 1. The highest BCUT2D eigenvalue weighted by Crippen LogP contribution is 2.27. The summed E-state index contributed by atoms with van der Waals surface area (Å²) in [7, 11) is -2.39. The highest BCUT2D eigenvalue weighted by atomic mass is 35.5. The van der Waals surface area contributed by atoms with Gasteiger partial charge in [-0.3, -0.25) is 9.10 Å². The molecule has 2 aromatic rings. The van der Waals surface area contributed by atoms with Gasteiger partial charge in [0.1, 0.15) is 5.75 Å². The van der Waals surface area contributed by atoms with E-state index in [1.807, 2.05) is 13.8 Å². The van der Waals surface area contributed by atoms with Gasteiger partial charge < -0.3 is 14.4 Å². The smallest absolute Gasteiger partial charge is 0.264 e. The molecule has 2 atom stereocenters. The lowest BCUT2D eigenvalue weighted by Gasteiger charge is -2.35. The monoisotopic (exact) mass is 466 g/mol. The van der Waals surface area contributed by atoms with Crippen LogP contribution in [0.15, 0.2) is 53.4 Å². The Balaban J connectivity index is 1.86. The Bertz CT molecular complexity index is 1000. The molecular formula is C22H27ClN2O5S. The number of benzene rings is 2. The second kappa shape index (κ2) is 9.89. The molecule has 3 rings (SSSR count). The molecule has 1 aliphatic heterocycles. The summed E-state index contributed by atoms with van der Waals surface area (Å²) in [6, 6.07) is 12.8. The van der Waals surface area contributed by atoms with Gasteiger partial charge in [-0.25, -0.2) is 8.42 Å². The molecule has 1 fully saturated rings. The molecule has 0 saturated carbocycles. The van der Waals surface area contributed by atoms with E-state index in [0.717, 1.165) is 0 Å². The number of halogens is 1. The number of hydrogen-bond acceptors (Lipinski definition) is 5. The number of ether oxygens (including phenoxy) is 2. The Morgan fingerprint density at radius 1 is 1.16 bits per heavy atom. The van der Waals surface area contributed by atoms with Crippen LogP contribution in [0.5, 0.6) is 5.75 Å². The van der Waals surface area contributed by atoms with Gasteiger partial charge in [-0.15, -0.1) is 0 Å². The molecule has 0 radical (unpaired) electrons. The van der Waals surface area contributed by atoms with Gasteiger partial charge in [-0.05, 0) is 56.3 Å². The summed E-state index contributed by atoms with van der Waals surface area (Å²) in [5.41, 5.74) is 0.442. The zero-order chi connectivity index (χ0) is 22.6. The molecule has 168 valence electrons. The number of hydrogen-bond donors (Lipinski definition) is 0. The molecule has 1 aliphatic rings. The Kier molecular flexibility index (Phi) is 7.46. The topological polar surface area (TPSA) is 76.2 Å². The van der Waals surface area contributed by atoms with E-state index in [1.165, 1.54) is 16.4 Å². The highest BCUT2D eigenvalue weighted by Gasteiger charge is 2.29. The van der Waals surface area contributed by atoms with Crippen molar-refractivity contribution >= 4 is 33.2 Å². The molecule has 1 saturated heterocycles. The fourth-order valence-electron chi connectivity index (χ4n) is 3.63. The van der Waals surface area contributed by atoms with Gasteiger partial charge in [0.25, 0.3) is 10.0 Å². The van der Waals surface area contributed by atoms with Crippen LogP contribution in [0, 0.1) is 0 Å². The van der Waals surface area contributed by atoms with Gasteiger partial charge in [-0.1, -0.05) is 17.7 Å². The van der Waals surface area contributed by atoms with Crippen LogP contribution in [0.3, 0.4) is 0 Å². The largest absolute Gasteiger partial charge is 0.497 e. The predicted octanol–water partition coefficient (Wildman–Crippen LogP) is 3.57. The molecule has 7 nitrogen and oxygen atoms in total. The van der Waals surface area contributed by atoms with E-state index < -0.39 is 10.0 Å². The van der Waals surface area contributed by atoms with Crippen LogP contribution < -0.4 is 9.04 Å². The van der Waals surface area contributed by atoms with E-state index in [4.69, 9.17) is 21.1 Å². The van der Waals surface area contributed by atoms with Crippen molar-refractivity contribution in [1.29, 1.82) is 0 Å². The first-order valence-corrected chi connectivity index (χ1v) is 11.9. The number of rotatable bonds is 7. The van der Waals surface area contributed by atoms with Gasteiger partial charge in [0.2, 0.25) is 5.91 Å². The molecule has 0 bridgehead atoms. The summed E-state index contributed by atoms with van der Waals surface area (Å²) in [5, 5.41) is 0.322. The number of carbonyl (C=O) groups is 1. The first-order chi connectivity index (χ1) is 14.7. The van der Waals surface area contributed by atoms with E-state index in [1.54, 1.807) is 48.4 Å². The number of amides is 1. The van der Waals surface area contributed by atoms with Crippen LogP contribution in [0.1, 0.15) is 20.3 Å². The lowest BCUT2D eigenvalue weighted by atomic mass is 10.2. The number of carbonyl (C=O) groups excluding carboxylic acids is 1. The number of nitrogens with zero attached hydrogens (tertiary/aromatic N) is 2. The number of sulfonamides is 1. The Hall–Kier alpha value is -2.29. The van der Waals surface area contributed by atoms with Gasteiger partial charge >= 0.3 is 0 Å². The quantitative estimate of drug-likeness (QED) is 0.623. The average molecular weight is 467 g/mol. The van der Waals surface area contributed by atoms with Crippen LogP contribution in [0.25, 0.3) is 0 Å². The van der Waals surface area contributed by atoms with E-state index >= 15 is 0 Å². The Labute approximate surface area is 188 Å². The third-order valence-corrected chi connectivity index (χ3v) is 7.10. The van der Waals surface area contributed by atoms with Crippen LogP contribution in [0.4, 0.5) is 5.69 Å². The SMILES string of the molecule is COc1ccc(N(CCC(=O)N2C[C@H](C)O[C@@H](C)C2)S(=O)(=O)c2cccc(Cl)c2)cc1. The Morgan fingerprint density at radius 2 is 1.81 bits per heavy atom. The van der Waals surface area contributed by atoms with Crippen molar-refractivity contribution in [2.75, 3.05) is 31.0 Å². The van der Waals surface area contributed by atoms with Crippen molar-refractivity contribution < 1.29 is 22.7 Å². The van der Waals surface area contributed by atoms with Gasteiger partial charge in [-0.2, -0.15) is 0 Å².